The van der Waals surface area contributed by atoms with Gasteiger partial charge in [-0.05, 0) is 35.4 Å². The van der Waals surface area contributed by atoms with E-state index in [9.17, 15) is 19.7 Å². The summed E-state index contributed by atoms with van der Waals surface area (Å²) in [5, 5.41) is 13.2. The van der Waals surface area contributed by atoms with Crippen LogP contribution in [0.25, 0.3) is 21.3 Å². The smallest absolute Gasteiger partial charge is 0.337 e. The SMILES string of the molecule is COC(=O)c1cccc(Cn2cnc3scc(-c4ccc([N+](=O)[O-])cc4)c3c2=O)c1. The van der Waals surface area contributed by atoms with Gasteiger partial charge in [0, 0.05) is 23.1 Å². The topological polar surface area (TPSA) is 104 Å². The first-order chi connectivity index (χ1) is 14.5. The molecular weight excluding hydrogens is 406 g/mol. The lowest BCUT2D eigenvalue weighted by atomic mass is 10.1. The monoisotopic (exact) mass is 421 g/mol. The summed E-state index contributed by atoms with van der Waals surface area (Å²) in [6.45, 7) is 0.238. The van der Waals surface area contributed by atoms with Crippen molar-refractivity contribution < 1.29 is 14.5 Å². The molecule has 9 heteroatoms. The number of thiophene rings is 1. The van der Waals surface area contributed by atoms with Crippen molar-refractivity contribution in [2.45, 2.75) is 6.54 Å². The number of carbonyl (C=O) groups is 1. The average molecular weight is 421 g/mol. The Bertz CT molecular complexity index is 1320. The van der Waals surface area contributed by atoms with E-state index in [1.54, 1.807) is 30.3 Å². The van der Waals surface area contributed by atoms with Crippen molar-refractivity contribution in [3.63, 3.8) is 0 Å². The number of nitro benzene ring substituents is 1. The zero-order chi connectivity index (χ0) is 21.3. The maximum Gasteiger partial charge on any atom is 0.337 e. The molecule has 0 aliphatic rings. The van der Waals surface area contributed by atoms with E-state index in [0.717, 1.165) is 5.56 Å². The zero-order valence-corrected chi connectivity index (χ0v) is 16.6. The van der Waals surface area contributed by atoms with Gasteiger partial charge >= 0.3 is 5.97 Å². The van der Waals surface area contributed by atoms with Crippen molar-refractivity contribution in [3.05, 3.63) is 91.8 Å². The molecule has 0 atom stereocenters. The Balaban J connectivity index is 1.74. The largest absolute Gasteiger partial charge is 0.465 e. The molecule has 0 amide bonds. The van der Waals surface area contributed by atoms with Crippen LogP contribution in [0.1, 0.15) is 15.9 Å². The highest BCUT2D eigenvalue weighted by Crippen LogP contribution is 2.31. The van der Waals surface area contributed by atoms with E-state index in [2.05, 4.69) is 4.98 Å². The second-order valence-electron chi connectivity index (χ2n) is 6.50. The number of methoxy groups -OCH3 is 1. The summed E-state index contributed by atoms with van der Waals surface area (Å²) in [7, 11) is 1.31. The van der Waals surface area contributed by atoms with Gasteiger partial charge in [0.05, 0.1) is 35.9 Å². The maximum absolute atomic E-state index is 13.2. The highest BCUT2D eigenvalue weighted by atomic mass is 32.1. The Kier molecular flexibility index (Phi) is 5.11. The molecule has 4 aromatic rings. The van der Waals surface area contributed by atoms with E-state index in [-0.39, 0.29) is 17.8 Å². The first kappa shape index (κ1) is 19.5. The molecule has 150 valence electrons. The van der Waals surface area contributed by atoms with Gasteiger partial charge in [-0.15, -0.1) is 11.3 Å². The Morgan fingerprint density at radius 2 is 2.00 bits per heavy atom. The van der Waals surface area contributed by atoms with Crippen LogP contribution in [0.5, 0.6) is 0 Å². The van der Waals surface area contributed by atoms with E-state index in [1.807, 2.05) is 11.4 Å². The van der Waals surface area contributed by atoms with Gasteiger partial charge in [-0.3, -0.25) is 19.5 Å². The van der Waals surface area contributed by atoms with Gasteiger partial charge in [0.2, 0.25) is 0 Å². The van der Waals surface area contributed by atoms with Crippen molar-refractivity contribution in [2.75, 3.05) is 7.11 Å². The van der Waals surface area contributed by atoms with E-state index in [0.29, 0.717) is 26.9 Å². The molecule has 30 heavy (non-hydrogen) atoms. The van der Waals surface area contributed by atoms with Crippen molar-refractivity contribution >= 4 is 33.2 Å². The molecule has 0 saturated carbocycles. The minimum Gasteiger partial charge on any atom is -0.465 e. The number of aromatic nitrogens is 2. The minimum atomic E-state index is -0.466. The third-order valence-electron chi connectivity index (χ3n) is 4.65. The molecular formula is C21H15N3O5S. The molecule has 4 rings (SSSR count). The summed E-state index contributed by atoms with van der Waals surface area (Å²) in [6.07, 6.45) is 1.48. The Hall–Kier alpha value is -3.85. The molecule has 0 N–H and O–H groups in total. The zero-order valence-electron chi connectivity index (χ0n) is 15.8. The van der Waals surface area contributed by atoms with Gasteiger partial charge < -0.3 is 4.74 Å². The Labute approximate surface area is 174 Å². The van der Waals surface area contributed by atoms with Crippen LogP contribution >= 0.6 is 11.3 Å². The van der Waals surface area contributed by atoms with Crippen LogP contribution in [0.2, 0.25) is 0 Å². The van der Waals surface area contributed by atoms with E-state index < -0.39 is 10.9 Å². The second kappa shape index (κ2) is 7.88. The summed E-state index contributed by atoms with van der Waals surface area (Å²) < 4.78 is 6.21. The van der Waals surface area contributed by atoms with Gasteiger partial charge in [-0.2, -0.15) is 0 Å². The average Bonchev–Trinajstić information content (AvgIpc) is 3.20. The number of nitrogens with zero attached hydrogens (tertiary/aromatic N) is 3. The number of ether oxygens (including phenoxy) is 1. The molecule has 2 aromatic carbocycles. The summed E-state index contributed by atoms with van der Waals surface area (Å²) in [5.74, 6) is -0.448. The number of rotatable bonds is 5. The highest BCUT2D eigenvalue weighted by Gasteiger charge is 2.15. The van der Waals surface area contributed by atoms with Crippen molar-refractivity contribution in [2.24, 2.45) is 0 Å². The number of fused-ring (bicyclic) bond motifs is 1. The number of carbonyl (C=O) groups excluding carboxylic acids is 1. The molecule has 2 heterocycles. The van der Waals surface area contributed by atoms with E-state index in [4.69, 9.17) is 4.74 Å². The summed E-state index contributed by atoms with van der Waals surface area (Å²) >= 11 is 1.34. The first-order valence-corrected chi connectivity index (χ1v) is 9.74. The molecule has 0 aliphatic heterocycles. The predicted octanol–water partition coefficient (Wildman–Crippen LogP) is 3.87. The molecule has 0 aliphatic carbocycles. The highest BCUT2D eigenvalue weighted by molar-refractivity contribution is 7.17. The first-order valence-electron chi connectivity index (χ1n) is 8.86. The van der Waals surface area contributed by atoms with Gasteiger partial charge in [0.1, 0.15) is 4.83 Å². The quantitative estimate of drug-likeness (QED) is 0.275. The lowest BCUT2D eigenvalue weighted by Crippen LogP contribution is -2.21. The summed E-state index contributed by atoms with van der Waals surface area (Å²) in [4.78, 5) is 40.3. The Morgan fingerprint density at radius 3 is 2.70 bits per heavy atom. The number of non-ortho nitro benzene ring substituents is 1. The minimum absolute atomic E-state index is 0.0145. The van der Waals surface area contributed by atoms with Crippen LogP contribution in [0.4, 0.5) is 5.69 Å². The molecule has 0 saturated heterocycles. The third kappa shape index (κ3) is 3.58. The van der Waals surface area contributed by atoms with Gasteiger partial charge in [0.25, 0.3) is 11.2 Å². The number of hydrogen-bond donors (Lipinski definition) is 0. The summed E-state index contributed by atoms with van der Waals surface area (Å²) in [5.41, 5.74) is 2.31. The standard InChI is InChI=1S/C21H15N3O5S/c1-29-21(26)15-4-2-3-13(9-15)10-23-12-22-19-18(20(23)25)17(11-30-19)14-5-7-16(8-6-14)24(27)28/h2-9,11-12H,10H2,1H3. The van der Waals surface area contributed by atoms with Crippen LogP contribution in [-0.2, 0) is 11.3 Å². The fourth-order valence-electron chi connectivity index (χ4n) is 3.17. The molecule has 0 fully saturated rings. The Morgan fingerprint density at radius 1 is 1.23 bits per heavy atom. The second-order valence-corrected chi connectivity index (χ2v) is 7.36. The van der Waals surface area contributed by atoms with Crippen LogP contribution in [0, 0.1) is 10.1 Å². The third-order valence-corrected chi connectivity index (χ3v) is 5.54. The van der Waals surface area contributed by atoms with Crippen LogP contribution in [0.15, 0.2) is 65.0 Å². The lowest BCUT2D eigenvalue weighted by molar-refractivity contribution is -0.384. The van der Waals surface area contributed by atoms with Crippen molar-refractivity contribution in [3.8, 4) is 11.1 Å². The molecule has 2 aromatic heterocycles. The van der Waals surface area contributed by atoms with Crippen LogP contribution < -0.4 is 5.56 Å². The predicted molar refractivity (Wildman–Crippen MR) is 113 cm³/mol. The van der Waals surface area contributed by atoms with E-state index in [1.165, 1.54) is 41.5 Å². The summed E-state index contributed by atoms with van der Waals surface area (Å²) in [6, 6.07) is 12.9. The number of esters is 1. The molecule has 8 nitrogen and oxygen atoms in total. The maximum atomic E-state index is 13.2. The number of nitro groups is 1. The molecule has 0 spiro atoms. The van der Waals surface area contributed by atoms with E-state index >= 15 is 0 Å². The molecule has 0 unspecified atom stereocenters. The van der Waals surface area contributed by atoms with Gasteiger partial charge in [-0.25, -0.2) is 9.78 Å². The lowest BCUT2D eigenvalue weighted by Gasteiger charge is -2.08. The fourth-order valence-corrected chi connectivity index (χ4v) is 4.07. The van der Waals surface area contributed by atoms with Crippen LogP contribution in [0.3, 0.4) is 0 Å². The van der Waals surface area contributed by atoms with Crippen molar-refractivity contribution in [1.82, 2.24) is 9.55 Å². The molecule has 0 bridgehead atoms. The fraction of sp³-hybridized carbons (Fsp3) is 0.0952. The van der Waals surface area contributed by atoms with Gasteiger partial charge in [-0.1, -0.05) is 12.1 Å². The van der Waals surface area contributed by atoms with Crippen molar-refractivity contribution in [1.29, 1.82) is 0 Å². The number of hydrogen-bond acceptors (Lipinski definition) is 7. The normalized spacial score (nSPS) is 10.8. The molecule has 0 radical (unpaired) electrons. The van der Waals surface area contributed by atoms with Crippen LogP contribution in [-0.4, -0.2) is 27.6 Å². The number of benzene rings is 2. The van der Waals surface area contributed by atoms with Gasteiger partial charge in [0.15, 0.2) is 0 Å².